The molecule has 0 bridgehead atoms. The van der Waals surface area contributed by atoms with Crippen molar-refractivity contribution in [3.05, 3.63) is 12.2 Å². The van der Waals surface area contributed by atoms with E-state index in [4.69, 9.17) is 5.11 Å². The van der Waals surface area contributed by atoms with Crippen LogP contribution < -0.4 is 0 Å². The summed E-state index contributed by atoms with van der Waals surface area (Å²) in [4.78, 5) is 10.0. The van der Waals surface area contributed by atoms with E-state index in [1.165, 1.54) is 0 Å². The summed E-state index contributed by atoms with van der Waals surface area (Å²) >= 11 is 0. The Kier molecular flexibility index (Phi) is 4.56. The quantitative estimate of drug-likeness (QED) is 0.604. The molecule has 1 unspecified atom stereocenters. The van der Waals surface area contributed by atoms with E-state index in [1.807, 2.05) is 0 Å². The van der Waals surface area contributed by atoms with Gasteiger partial charge in [-0.3, -0.25) is 0 Å². The number of carboxylic acids is 1. The first-order valence-corrected chi connectivity index (χ1v) is 4.19. The highest BCUT2D eigenvalue weighted by atomic mass is 19.4. The van der Waals surface area contributed by atoms with E-state index in [1.54, 1.807) is 0 Å². The molecule has 0 aromatic rings. The highest BCUT2D eigenvalue weighted by molar-refractivity contribution is 5.87. The maximum absolute atomic E-state index is 12.8. The summed E-state index contributed by atoms with van der Waals surface area (Å²) in [5, 5.41) is 8.04. The lowest BCUT2D eigenvalue weighted by molar-refractivity contribution is -0.347. The smallest absolute Gasteiger partial charge is 0.381 e. The third-order valence-electron chi connectivity index (χ3n) is 2.01. The number of carbonyl (C=O) groups is 1. The SMILES string of the molecule is C=C(C(=O)O)C(F)C(F)(F)C(F)(F)C(F)(F)C(F)F. The van der Waals surface area contributed by atoms with Crippen molar-refractivity contribution in [3.63, 3.8) is 0 Å². The minimum atomic E-state index is -6.81. The summed E-state index contributed by atoms with van der Waals surface area (Å²) in [5.41, 5.74) is -2.17. The second-order valence-corrected chi connectivity index (χ2v) is 3.31. The Morgan fingerprint density at radius 2 is 1.32 bits per heavy atom. The maximum atomic E-state index is 12.8. The molecule has 0 aromatic carbocycles. The number of aliphatic carboxylic acids is 1. The largest absolute Gasteiger partial charge is 0.478 e. The zero-order chi connectivity index (χ0) is 15.8. The summed E-state index contributed by atoms with van der Waals surface area (Å²) in [5.74, 6) is -22.3. The van der Waals surface area contributed by atoms with Crippen molar-refractivity contribution in [3.8, 4) is 0 Å². The Balaban J connectivity index is 5.64. The molecule has 0 saturated heterocycles. The molecule has 11 heteroatoms. The van der Waals surface area contributed by atoms with Gasteiger partial charge in [-0.1, -0.05) is 6.58 Å². The molecule has 0 saturated carbocycles. The first-order chi connectivity index (χ1) is 8.21. The molecule has 0 heterocycles. The predicted octanol–water partition coefficient (Wildman–Crippen LogP) is 3.14. The fourth-order valence-corrected chi connectivity index (χ4v) is 0.846. The third-order valence-corrected chi connectivity index (χ3v) is 2.01. The summed E-state index contributed by atoms with van der Waals surface area (Å²) < 4.78 is 112. The van der Waals surface area contributed by atoms with E-state index in [0.29, 0.717) is 0 Å². The topological polar surface area (TPSA) is 37.3 Å². The summed E-state index contributed by atoms with van der Waals surface area (Å²) in [7, 11) is 0. The molecule has 0 spiro atoms. The standard InChI is InChI=1S/C8H5F9O2/c1-2(4(18)19)3(9)6(12,13)8(16,17)7(14,15)5(10)11/h3,5H,1H2,(H,18,19). The molecule has 0 amide bonds. The minimum absolute atomic E-state index is 2.14. The van der Waals surface area contributed by atoms with E-state index >= 15 is 0 Å². The lowest BCUT2D eigenvalue weighted by Crippen LogP contribution is -2.61. The van der Waals surface area contributed by atoms with Gasteiger partial charge >= 0.3 is 30.2 Å². The van der Waals surface area contributed by atoms with Crippen molar-refractivity contribution in [1.82, 2.24) is 0 Å². The lowest BCUT2D eigenvalue weighted by atomic mass is 9.96. The van der Waals surface area contributed by atoms with Crippen molar-refractivity contribution in [2.45, 2.75) is 30.4 Å². The average Bonchev–Trinajstić information content (AvgIpc) is 2.25. The van der Waals surface area contributed by atoms with Gasteiger partial charge in [0.05, 0.1) is 5.57 Å². The molecule has 2 nitrogen and oxygen atoms in total. The number of carboxylic acid groups (broad SMARTS) is 1. The maximum Gasteiger partial charge on any atom is 0.381 e. The van der Waals surface area contributed by atoms with Crippen LogP contribution in [0.5, 0.6) is 0 Å². The molecule has 1 atom stereocenters. The van der Waals surface area contributed by atoms with Gasteiger partial charge in [-0.05, 0) is 0 Å². The summed E-state index contributed by atoms with van der Waals surface area (Å²) in [6.07, 6.45) is -9.68. The van der Waals surface area contributed by atoms with Crippen LogP contribution in [0.2, 0.25) is 0 Å². The van der Waals surface area contributed by atoms with Gasteiger partial charge in [0.1, 0.15) is 0 Å². The second kappa shape index (κ2) is 4.93. The van der Waals surface area contributed by atoms with Crippen molar-refractivity contribution in [2.75, 3.05) is 0 Å². The number of alkyl halides is 9. The number of hydrogen-bond donors (Lipinski definition) is 1. The Morgan fingerprint density at radius 3 is 1.58 bits per heavy atom. The van der Waals surface area contributed by atoms with Crippen LogP contribution in [0.3, 0.4) is 0 Å². The van der Waals surface area contributed by atoms with Crippen molar-refractivity contribution >= 4 is 5.97 Å². The van der Waals surface area contributed by atoms with Crippen LogP contribution in [0.25, 0.3) is 0 Å². The fraction of sp³-hybridized carbons (Fsp3) is 0.625. The van der Waals surface area contributed by atoms with Gasteiger partial charge in [0.2, 0.25) is 6.17 Å². The fourth-order valence-electron chi connectivity index (χ4n) is 0.846. The second-order valence-electron chi connectivity index (χ2n) is 3.31. The van der Waals surface area contributed by atoms with Crippen LogP contribution in [0, 0.1) is 0 Å². The van der Waals surface area contributed by atoms with Crippen LogP contribution in [-0.2, 0) is 4.79 Å². The first-order valence-electron chi connectivity index (χ1n) is 4.19. The van der Waals surface area contributed by atoms with Gasteiger partial charge in [-0.25, -0.2) is 18.0 Å². The molecule has 0 rings (SSSR count). The monoisotopic (exact) mass is 304 g/mol. The van der Waals surface area contributed by atoms with Gasteiger partial charge in [0.25, 0.3) is 0 Å². The Hall–Kier alpha value is -1.42. The highest BCUT2D eigenvalue weighted by Gasteiger charge is 2.78. The normalized spacial score (nSPS) is 15.5. The molecular weight excluding hydrogens is 299 g/mol. The van der Waals surface area contributed by atoms with Gasteiger partial charge in [-0.15, -0.1) is 0 Å². The van der Waals surface area contributed by atoms with Crippen molar-refractivity contribution in [2.24, 2.45) is 0 Å². The molecule has 0 aliphatic rings. The molecule has 0 aliphatic heterocycles. The van der Waals surface area contributed by atoms with E-state index in [0.717, 1.165) is 0 Å². The van der Waals surface area contributed by atoms with Crippen molar-refractivity contribution < 1.29 is 49.4 Å². The van der Waals surface area contributed by atoms with E-state index in [9.17, 15) is 44.3 Å². The van der Waals surface area contributed by atoms with Crippen LogP contribution in [0.4, 0.5) is 39.5 Å². The predicted molar refractivity (Wildman–Crippen MR) is 42.5 cm³/mol. The van der Waals surface area contributed by atoms with Gasteiger partial charge in [0, 0.05) is 0 Å². The number of halogens is 9. The van der Waals surface area contributed by atoms with Crippen LogP contribution in [0.15, 0.2) is 12.2 Å². The van der Waals surface area contributed by atoms with Gasteiger partial charge in [0.15, 0.2) is 0 Å². The lowest BCUT2D eigenvalue weighted by Gasteiger charge is -2.33. The Bertz CT molecular complexity index is 376. The molecule has 1 N–H and O–H groups in total. The molecule has 112 valence electrons. The number of hydrogen-bond acceptors (Lipinski definition) is 1. The van der Waals surface area contributed by atoms with E-state index in [-0.39, 0.29) is 0 Å². The Labute approximate surface area is 99.0 Å². The van der Waals surface area contributed by atoms with E-state index < -0.39 is 41.9 Å². The molecule has 0 aliphatic carbocycles. The molecule has 0 radical (unpaired) electrons. The Morgan fingerprint density at radius 1 is 0.947 bits per heavy atom. The van der Waals surface area contributed by atoms with E-state index in [2.05, 4.69) is 6.58 Å². The first kappa shape index (κ1) is 17.6. The molecule has 0 fully saturated rings. The average molecular weight is 304 g/mol. The molecule has 19 heavy (non-hydrogen) atoms. The van der Waals surface area contributed by atoms with Crippen LogP contribution >= 0.6 is 0 Å². The minimum Gasteiger partial charge on any atom is -0.478 e. The summed E-state index contributed by atoms with van der Waals surface area (Å²) in [6, 6.07) is 0. The molecular formula is C8H5F9O2. The zero-order valence-electron chi connectivity index (χ0n) is 8.62. The third kappa shape index (κ3) is 2.63. The van der Waals surface area contributed by atoms with Gasteiger partial charge < -0.3 is 5.11 Å². The molecule has 0 aromatic heterocycles. The number of rotatable bonds is 6. The highest BCUT2D eigenvalue weighted by Crippen LogP contribution is 2.51. The zero-order valence-corrected chi connectivity index (χ0v) is 8.62. The van der Waals surface area contributed by atoms with Crippen molar-refractivity contribution in [1.29, 1.82) is 0 Å². The van der Waals surface area contributed by atoms with Crippen LogP contribution in [0.1, 0.15) is 0 Å². The van der Waals surface area contributed by atoms with Crippen LogP contribution in [-0.4, -0.2) is 41.4 Å². The van der Waals surface area contributed by atoms with Gasteiger partial charge in [-0.2, -0.15) is 26.3 Å². The summed E-state index contributed by atoms with van der Waals surface area (Å²) in [6.45, 7) is 2.14.